The number of rotatable bonds is 2. The summed E-state index contributed by atoms with van der Waals surface area (Å²) < 4.78 is 13.1. The number of ether oxygens (including phenoxy) is 2. The van der Waals surface area contributed by atoms with E-state index in [0.717, 1.165) is 17.8 Å². The maximum absolute atomic E-state index is 13.4. The van der Waals surface area contributed by atoms with Gasteiger partial charge in [0, 0.05) is 62.0 Å². The van der Waals surface area contributed by atoms with Crippen molar-refractivity contribution in [3.05, 3.63) is 52.4 Å². The third kappa shape index (κ3) is 3.16. The van der Waals surface area contributed by atoms with Gasteiger partial charge in [0.15, 0.2) is 11.5 Å². The Labute approximate surface area is 185 Å². The Kier molecular flexibility index (Phi) is 4.48. The standard InChI is InChI=1S/C24H25N3O5/c28-22-3-1-2-19-16-8-15(12-27(19)22)11-25(13-16)24(30)17-9-23(29)26(14-17)18-4-5-20-21(10-18)32-7-6-31-20/h1-5,10,15-17H,6-9,11-14H2/t15-,16+,17?/m1/s1. The van der Waals surface area contributed by atoms with Gasteiger partial charge < -0.3 is 23.8 Å². The molecular formula is C24H25N3O5. The van der Waals surface area contributed by atoms with Gasteiger partial charge in [-0.2, -0.15) is 0 Å². The van der Waals surface area contributed by atoms with Crippen LogP contribution in [-0.2, 0) is 16.1 Å². The first kappa shape index (κ1) is 19.4. The molecule has 3 atom stereocenters. The molecule has 1 aromatic heterocycles. The van der Waals surface area contributed by atoms with Gasteiger partial charge in [0.05, 0.1) is 5.92 Å². The van der Waals surface area contributed by atoms with Crippen molar-refractivity contribution in [2.45, 2.75) is 25.3 Å². The van der Waals surface area contributed by atoms with Crippen LogP contribution < -0.4 is 19.9 Å². The maximum Gasteiger partial charge on any atom is 0.250 e. The average Bonchev–Trinajstić information content (AvgIpc) is 3.20. The van der Waals surface area contributed by atoms with Gasteiger partial charge in [-0.3, -0.25) is 14.4 Å². The lowest BCUT2D eigenvalue weighted by Gasteiger charge is -2.43. The van der Waals surface area contributed by atoms with E-state index < -0.39 is 0 Å². The van der Waals surface area contributed by atoms with Crippen LogP contribution in [0.15, 0.2) is 41.2 Å². The van der Waals surface area contributed by atoms with Gasteiger partial charge in [0.1, 0.15) is 13.2 Å². The first-order valence-corrected chi connectivity index (χ1v) is 11.3. The van der Waals surface area contributed by atoms with Gasteiger partial charge in [0.25, 0.3) is 5.56 Å². The lowest BCUT2D eigenvalue weighted by Crippen LogP contribution is -2.50. The van der Waals surface area contributed by atoms with Crippen molar-refractivity contribution in [3.63, 3.8) is 0 Å². The van der Waals surface area contributed by atoms with E-state index in [2.05, 4.69) is 0 Å². The zero-order chi connectivity index (χ0) is 21.8. The number of anilines is 1. The number of fused-ring (bicyclic) bond motifs is 5. The van der Waals surface area contributed by atoms with E-state index >= 15 is 0 Å². The fourth-order valence-electron chi connectivity index (χ4n) is 5.66. The van der Waals surface area contributed by atoms with E-state index in [9.17, 15) is 14.4 Å². The predicted octanol–water partition coefficient (Wildman–Crippen LogP) is 1.62. The van der Waals surface area contributed by atoms with Crippen molar-refractivity contribution in [2.75, 3.05) is 37.7 Å². The largest absolute Gasteiger partial charge is 0.486 e. The molecule has 32 heavy (non-hydrogen) atoms. The molecule has 8 nitrogen and oxygen atoms in total. The highest BCUT2D eigenvalue weighted by molar-refractivity contribution is 6.00. The SMILES string of the molecule is O=C(C1CC(=O)N(c2ccc3c(c2)OCCO3)C1)N1C[C@H]2C[C@@H](C1)c1cccc(=O)n1C2. The summed E-state index contributed by atoms with van der Waals surface area (Å²) in [6.45, 7) is 3.28. The van der Waals surface area contributed by atoms with Crippen molar-refractivity contribution < 1.29 is 19.1 Å². The topological polar surface area (TPSA) is 81.1 Å². The Balaban J connectivity index is 1.19. The van der Waals surface area contributed by atoms with Crippen molar-refractivity contribution in [3.8, 4) is 11.5 Å². The van der Waals surface area contributed by atoms with Crippen LogP contribution in [0, 0.1) is 11.8 Å². The maximum atomic E-state index is 13.4. The Morgan fingerprint density at radius 2 is 1.78 bits per heavy atom. The fraction of sp³-hybridized carbons (Fsp3) is 0.458. The summed E-state index contributed by atoms with van der Waals surface area (Å²) in [5, 5.41) is 0. The first-order valence-electron chi connectivity index (χ1n) is 11.3. The van der Waals surface area contributed by atoms with Gasteiger partial charge in [-0.15, -0.1) is 0 Å². The molecule has 0 N–H and O–H groups in total. The second-order valence-corrected chi connectivity index (χ2v) is 9.17. The monoisotopic (exact) mass is 435 g/mol. The number of carbonyl (C=O) groups excluding carboxylic acids is 2. The van der Waals surface area contributed by atoms with Gasteiger partial charge in [-0.25, -0.2) is 0 Å². The molecule has 0 radical (unpaired) electrons. The molecule has 1 aromatic carbocycles. The van der Waals surface area contributed by atoms with E-state index in [4.69, 9.17) is 9.47 Å². The summed E-state index contributed by atoms with van der Waals surface area (Å²) in [6, 6.07) is 10.9. The molecule has 2 aromatic rings. The predicted molar refractivity (Wildman–Crippen MR) is 116 cm³/mol. The number of amides is 2. The summed E-state index contributed by atoms with van der Waals surface area (Å²) in [5.74, 6) is 1.40. The van der Waals surface area contributed by atoms with E-state index in [1.807, 2.05) is 33.7 Å². The molecule has 2 amide bonds. The van der Waals surface area contributed by atoms with E-state index in [1.54, 1.807) is 17.0 Å². The highest BCUT2D eigenvalue weighted by Crippen LogP contribution is 2.38. The first-order chi connectivity index (χ1) is 15.6. The molecule has 4 aliphatic heterocycles. The van der Waals surface area contributed by atoms with Gasteiger partial charge >= 0.3 is 0 Å². The normalized spacial score (nSPS) is 26.1. The minimum Gasteiger partial charge on any atom is -0.486 e. The average molecular weight is 435 g/mol. The summed E-state index contributed by atoms with van der Waals surface area (Å²) in [7, 11) is 0. The van der Waals surface area contributed by atoms with Crippen LogP contribution in [0.2, 0.25) is 0 Å². The summed E-state index contributed by atoms with van der Waals surface area (Å²) in [4.78, 5) is 42.0. The molecule has 2 bridgehead atoms. The molecular weight excluding hydrogens is 410 g/mol. The number of likely N-dealkylation sites (tertiary alicyclic amines) is 1. The third-order valence-electron chi connectivity index (χ3n) is 7.10. The van der Waals surface area contributed by atoms with E-state index in [-0.39, 0.29) is 41.5 Å². The van der Waals surface area contributed by atoms with Crippen LogP contribution in [0.5, 0.6) is 11.5 Å². The third-order valence-corrected chi connectivity index (χ3v) is 7.10. The van der Waals surface area contributed by atoms with Crippen molar-refractivity contribution in [2.24, 2.45) is 11.8 Å². The number of carbonyl (C=O) groups is 2. The molecule has 0 spiro atoms. The minimum absolute atomic E-state index is 0.0356. The fourth-order valence-corrected chi connectivity index (χ4v) is 5.66. The molecule has 8 heteroatoms. The van der Waals surface area contributed by atoms with Crippen LogP contribution in [-0.4, -0.2) is 54.1 Å². The van der Waals surface area contributed by atoms with Crippen LogP contribution in [0.3, 0.4) is 0 Å². The number of aromatic nitrogens is 1. The van der Waals surface area contributed by atoms with Crippen molar-refractivity contribution in [1.29, 1.82) is 0 Å². The number of hydrogen-bond donors (Lipinski definition) is 0. The zero-order valence-corrected chi connectivity index (χ0v) is 17.7. The molecule has 6 rings (SSSR count). The quantitative estimate of drug-likeness (QED) is 0.716. The molecule has 166 valence electrons. The van der Waals surface area contributed by atoms with Gasteiger partial charge in [-0.05, 0) is 30.5 Å². The summed E-state index contributed by atoms with van der Waals surface area (Å²) in [5.41, 5.74) is 1.79. The lowest BCUT2D eigenvalue weighted by molar-refractivity contribution is -0.138. The molecule has 2 fully saturated rings. The highest BCUT2D eigenvalue weighted by Gasteiger charge is 2.42. The zero-order valence-electron chi connectivity index (χ0n) is 17.7. The van der Waals surface area contributed by atoms with Crippen LogP contribution in [0.25, 0.3) is 0 Å². The molecule has 1 unspecified atom stereocenters. The van der Waals surface area contributed by atoms with Crippen molar-refractivity contribution in [1.82, 2.24) is 9.47 Å². The van der Waals surface area contributed by atoms with Gasteiger partial charge in [-0.1, -0.05) is 6.07 Å². The molecule has 0 saturated carbocycles. The minimum atomic E-state index is -0.354. The number of benzene rings is 1. The van der Waals surface area contributed by atoms with Crippen LogP contribution in [0.1, 0.15) is 24.5 Å². The smallest absolute Gasteiger partial charge is 0.250 e. The number of nitrogens with zero attached hydrogens (tertiary/aromatic N) is 3. The Bertz CT molecular complexity index is 1160. The highest BCUT2D eigenvalue weighted by atomic mass is 16.6. The molecule has 5 heterocycles. The Hall–Kier alpha value is -3.29. The second kappa shape index (κ2) is 7.39. The number of piperidine rings is 1. The Morgan fingerprint density at radius 3 is 2.66 bits per heavy atom. The summed E-state index contributed by atoms with van der Waals surface area (Å²) in [6.07, 6.45) is 1.22. The lowest BCUT2D eigenvalue weighted by atomic mass is 9.82. The van der Waals surface area contributed by atoms with Crippen molar-refractivity contribution >= 4 is 17.5 Å². The van der Waals surface area contributed by atoms with Crippen LogP contribution >= 0.6 is 0 Å². The Morgan fingerprint density at radius 1 is 0.938 bits per heavy atom. The molecule has 4 aliphatic rings. The number of pyridine rings is 1. The second-order valence-electron chi connectivity index (χ2n) is 9.17. The van der Waals surface area contributed by atoms with E-state index in [1.165, 1.54) is 0 Å². The van der Waals surface area contributed by atoms with Gasteiger partial charge in [0.2, 0.25) is 11.8 Å². The van der Waals surface area contributed by atoms with E-state index in [0.29, 0.717) is 50.9 Å². The van der Waals surface area contributed by atoms with Crippen LogP contribution in [0.4, 0.5) is 5.69 Å². The number of hydrogen-bond acceptors (Lipinski definition) is 5. The summed E-state index contributed by atoms with van der Waals surface area (Å²) >= 11 is 0. The molecule has 0 aliphatic carbocycles. The molecule has 2 saturated heterocycles.